The normalized spacial score (nSPS) is 15.3. The lowest BCUT2D eigenvalue weighted by atomic mass is 9.83. The van der Waals surface area contributed by atoms with Gasteiger partial charge in [0, 0.05) is 29.4 Å². The Hall–Kier alpha value is -3.34. The van der Waals surface area contributed by atoms with Gasteiger partial charge in [0.1, 0.15) is 5.75 Å². The number of anilines is 1. The van der Waals surface area contributed by atoms with Crippen LogP contribution in [0.1, 0.15) is 36.9 Å². The van der Waals surface area contributed by atoms with Crippen LogP contribution in [0.15, 0.2) is 72.9 Å². The average Bonchev–Trinajstić information content (AvgIpc) is 3.45. The fraction of sp³-hybridized carbons (Fsp3) is 0.280. The van der Waals surface area contributed by atoms with Crippen LogP contribution in [0.3, 0.4) is 0 Å². The van der Waals surface area contributed by atoms with Crippen molar-refractivity contribution in [2.24, 2.45) is 0 Å². The van der Waals surface area contributed by atoms with E-state index in [9.17, 15) is 0 Å². The first-order valence-corrected chi connectivity index (χ1v) is 10.6. The number of pyridine rings is 1. The van der Waals surface area contributed by atoms with Gasteiger partial charge >= 0.3 is 0 Å². The van der Waals surface area contributed by atoms with Gasteiger partial charge in [-0.05, 0) is 43.2 Å². The molecule has 0 bridgehead atoms. The lowest BCUT2D eigenvalue weighted by Gasteiger charge is -2.29. The topological polar surface area (TPSA) is 62.8 Å². The van der Waals surface area contributed by atoms with Crippen LogP contribution in [0.2, 0.25) is 0 Å². The predicted molar refractivity (Wildman–Crippen MR) is 120 cm³/mol. The molecule has 0 amide bonds. The quantitative estimate of drug-likeness (QED) is 0.434. The zero-order valence-electron chi connectivity index (χ0n) is 17.0. The second-order valence-corrected chi connectivity index (χ2v) is 8.05. The van der Waals surface area contributed by atoms with Gasteiger partial charge < -0.3 is 15.0 Å². The zero-order valence-corrected chi connectivity index (χ0v) is 17.0. The Bertz CT molecular complexity index is 1080. The van der Waals surface area contributed by atoms with Gasteiger partial charge in [0.05, 0.1) is 17.6 Å². The maximum atomic E-state index is 6.42. The molecule has 0 spiro atoms. The molecule has 2 aromatic heterocycles. The molecule has 2 heterocycles. The van der Waals surface area contributed by atoms with E-state index in [1.165, 1.54) is 12.8 Å². The Labute approximate surface area is 176 Å². The minimum absolute atomic E-state index is 0.0144. The first-order chi connectivity index (χ1) is 14.8. The predicted octanol–water partition coefficient (Wildman–Crippen LogP) is 5.46. The van der Waals surface area contributed by atoms with Crippen LogP contribution in [0.5, 0.6) is 5.75 Å². The molecule has 0 aliphatic heterocycles. The third kappa shape index (κ3) is 3.75. The molecule has 5 heteroatoms. The number of H-pyrrole nitrogens is 1. The Morgan fingerprint density at radius 2 is 1.73 bits per heavy atom. The average molecular weight is 399 g/mol. The summed E-state index contributed by atoms with van der Waals surface area (Å²) in [6.07, 6.45) is 6.61. The van der Waals surface area contributed by atoms with Crippen LogP contribution in [0.4, 0.5) is 5.95 Å². The summed E-state index contributed by atoms with van der Waals surface area (Å²) < 4.78 is 6.42. The number of ether oxygens (including phenoxy) is 1. The number of hydrogen-bond acceptors (Lipinski definition) is 4. The summed E-state index contributed by atoms with van der Waals surface area (Å²) in [6.45, 7) is 1.30. The summed E-state index contributed by atoms with van der Waals surface area (Å²) in [5.41, 5.74) is 4.28. The zero-order chi connectivity index (χ0) is 20.2. The van der Waals surface area contributed by atoms with Gasteiger partial charge in [0.25, 0.3) is 0 Å². The van der Waals surface area contributed by atoms with E-state index in [0.29, 0.717) is 13.2 Å². The summed E-state index contributed by atoms with van der Waals surface area (Å²) in [5.74, 6) is 1.69. The number of benzene rings is 2. The van der Waals surface area contributed by atoms with Crippen LogP contribution < -0.4 is 10.1 Å². The molecular weight excluding hydrogens is 372 g/mol. The molecule has 5 nitrogen and oxygen atoms in total. The van der Waals surface area contributed by atoms with Crippen molar-refractivity contribution < 1.29 is 4.74 Å². The monoisotopic (exact) mass is 398 g/mol. The van der Waals surface area contributed by atoms with Gasteiger partial charge in [0.2, 0.25) is 5.95 Å². The van der Waals surface area contributed by atoms with E-state index in [1.54, 1.807) is 0 Å². The standard InChI is InChI=1S/C25H26N4O/c1-4-12-22(30-18-25(14-6-7-15-25)23-13-5-8-16-26-23)19(9-1)17-27-24-28-20-10-2-3-11-21(20)29-24/h1-5,8-13,16H,6-7,14-15,17-18H2,(H2,27,28,29). The fourth-order valence-corrected chi connectivity index (χ4v) is 4.42. The fourth-order valence-electron chi connectivity index (χ4n) is 4.42. The largest absolute Gasteiger partial charge is 0.492 e. The van der Waals surface area contributed by atoms with Crippen LogP contribution in [0, 0.1) is 0 Å². The second kappa shape index (κ2) is 8.19. The molecule has 1 aliphatic rings. The van der Waals surface area contributed by atoms with Gasteiger partial charge in [-0.25, -0.2) is 4.98 Å². The van der Waals surface area contributed by atoms with Crippen LogP contribution in [-0.4, -0.2) is 21.6 Å². The summed E-state index contributed by atoms with van der Waals surface area (Å²) in [4.78, 5) is 12.6. The molecule has 1 saturated carbocycles. The number of aromatic amines is 1. The Kier molecular flexibility index (Phi) is 5.10. The van der Waals surface area contributed by atoms with Crippen molar-refractivity contribution in [3.8, 4) is 5.75 Å². The smallest absolute Gasteiger partial charge is 0.201 e. The molecule has 5 rings (SSSR count). The molecule has 2 N–H and O–H groups in total. The van der Waals surface area contributed by atoms with Gasteiger partial charge in [-0.3, -0.25) is 4.98 Å². The molecule has 0 radical (unpaired) electrons. The number of nitrogens with one attached hydrogen (secondary N) is 2. The van der Waals surface area contributed by atoms with Crippen LogP contribution >= 0.6 is 0 Å². The van der Waals surface area contributed by atoms with Crippen LogP contribution in [-0.2, 0) is 12.0 Å². The van der Waals surface area contributed by atoms with Crippen molar-refractivity contribution in [3.63, 3.8) is 0 Å². The Morgan fingerprint density at radius 3 is 2.57 bits per heavy atom. The number of imidazole rings is 1. The minimum Gasteiger partial charge on any atom is -0.492 e. The highest BCUT2D eigenvalue weighted by molar-refractivity contribution is 5.77. The second-order valence-electron chi connectivity index (χ2n) is 8.05. The summed E-state index contributed by atoms with van der Waals surface area (Å²) in [7, 11) is 0. The number of nitrogens with zero attached hydrogens (tertiary/aromatic N) is 2. The third-order valence-corrected chi connectivity index (χ3v) is 6.08. The lowest BCUT2D eigenvalue weighted by molar-refractivity contribution is 0.212. The van der Waals surface area contributed by atoms with E-state index in [0.717, 1.165) is 46.8 Å². The molecular formula is C25H26N4O. The number of rotatable bonds is 7. The van der Waals surface area contributed by atoms with Crippen molar-refractivity contribution in [2.75, 3.05) is 11.9 Å². The Morgan fingerprint density at radius 1 is 0.933 bits per heavy atom. The minimum atomic E-state index is 0.0144. The summed E-state index contributed by atoms with van der Waals surface area (Å²) in [6, 6.07) is 22.5. The van der Waals surface area contributed by atoms with Gasteiger partial charge in [0.15, 0.2) is 0 Å². The Balaban J connectivity index is 1.31. The van der Waals surface area contributed by atoms with Crippen molar-refractivity contribution >= 4 is 17.0 Å². The van der Waals surface area contributed by atoms with E-state index < -0.39 is 0 Å². The van der Waals surface area contributed by atoms with Gasteiger partial charge in [-0.15, -0.1) is 0 Å². The first-order valence-electron chi connectivity index (χ1n) is 10.6. The highest BCUT2D eigenvalue weighted by Crippen LogP contribution is 2.40. The molecule has 4 aromatic rings. The third-order valence-electron chi connectivity index (χ3n) is 6.08. The van der Waals surface area contributed by atoms with E-state index in [4.69, 9.17) is 4.74 Å². The molecule has 1 aliphatic carbocycles. The van der Waals surface area contributed by atoms with E-state index in [1.807, 2.05) is 48.7 Å². The van der Waals surface area contributed by atoms with Gasteiger partial charge in [-0.2, -0.15) is 0 Å². The van der Waals surface area contributed by atoms with Crippen molar-refractivity contribution in [1.82, 2.24) is 15.0 Å². The van der Waals surface area contributed by atoms with Crippen molar-refractivity contribution in [2.45, 2.75) is 37.6 Å². The molecule has 0 atom stereocenters. The maximum Gasteiger partial charge on any atom is 0.201 e. The van der Waals surface area contributed by atoms with E-state index in [2.05, 4.69) is 44.5 Å². The number of para-hydroxylation sites is 3. The first kappa shape index (κ1) is 18.7. The molecule has 0 saturated heterocycles. The van der Waals surface area contributed by atoms with Crippen LogP contribution in [0.25, 0.3) is 11.0 Å². The number of fused-ring (bicyclic) bond motifs is 1. The van der Waals surface area contributed by atoms with Crippen molar-refractivity contribution in [3.05, 3.63) is 84.2 Å². The maximum absolute atomic E-state index is 6.42. The lowest BCUT2D eigenvalue weighted by Crippen LogP contribution is -2.31. The molecule has 0 unspecified atom stereocenters. The summed E-state index contributed by atoms with van der Waals surface area (Å²) >= 11 is 0. The van der Waals surface area contributed by atoms with E-state index >= 15 is 0 Å². The molecule has 30 heavy (non-hydrogen) atoms. The molecule has 152 valence electrons. The van der Waals surface area contributed by atoms with E-state index in [-0.39, 0.29) is 5.41 Å². The van der Waals surface area contributed by atoms with Crippen molar-refractivity contribution in [1.29, 1.82) is 0 Å². The highest BCUT2D eigenvalue weighted by Gasteiger charge is 2.37. The molecule has 1 fully saturated rings. The van der Waals surface area contributed by atoms with Gasteiger partial charge in [-0.1, -0.05) is 49.2 Å². The SMILES string of the molecule is c1ccc(C2(COc3ccccc3CNc3nc4ccccc4[nH]3)CCCC2)nc1. The highest BCUT2D eigenvalue weighted by atomic mass is 16.5. The number of aromatic nitrogens is 3. The summed E-state index contributed by atoms with van der Waals surface area (Å²) in [5, 5.41) is 3.40. The number of hydrogen-bond donors (Lipinski definition) is 2. The molecule has 2 aromatic carbocycles.